The molecule has 0 unspecified atom stereocenters. The third-order valence-corrected chi connectivity index (χ3v) is 5.00. The largest absolute Gasteiger partial charge is 0.371 e. The predicted molar refractivity (Wildman–Crippen MR) is 85.9 cm³/mol. The van der Waals surface area contributed by atoms with Gasteiger partial charge < -0.3 is 4.90 Å². The zero-order valence-corrected chi connectivity index (χ0v) is 12.3. The molecule has 4 heteroatoms. The van der Waals surface area contributed by atoms with E-state index in [-0.39, 0.29) is 5.82 Å². The summed E-state index contributed by atoms with van der Waals surface area (Å²) in [4.78, 5) is 2.50. The van der Waals surface area contributed by atoms with E-state index in [0.717, 1.165) is 54.2 Å². The van der Waals surface area contributed by atoms with Gasteiger partial charge in [-0.2, -0.15) is 0 Å². The van der Waals surface area contributed by atoms with Crippen LogP contribution in [0.25, 0.3) is 21.8 Å². The molecule has 0 saturated carbocycles. The first kappa shape index (κ1) is 12.3. The molecule has 2 aromatic carbocycles. The van der Waals surface area contributed by atoms with Gasteiger partial charge in [0.2, 0.25) is 0 Å². The normalized spacial score (nSPS) is 17.0. The second-order valence-corrected chi connectivity index (χ2v) is 6.31. The summed E-state index contributed by atoms with van der Waals surface area (Å²) in [7, 11) is 0. The van der Waals surface area contributed by atoms with Gasteiger partial charge in [0, 0.05) is 29.5 Å². The highest BCUT2D eigenvalue weighted by Crippen LogP contribution is 2.41. The van der Waals surface area contributed by atoms with Crippen LogP contribution >= 0.6 is 0 Å². The van der Waals surface area contributed by atoms with Gasteiger partial charge in [-0.05, 0) is 61.1 Å². The molecule has 110 valence electrons. The number of nitrogens with zero attached hydrogens (tertiary/aromatic N) is 3. The molecule has 1 aromatic heterocycles. The fourth-order valence-corrected chi connectivity index (χ4v) is 4.13. The zero-order chi connectivity index (χ0) is 14.7. The average Bonchev–Trinajstić information content (AvgIpc) is 2.55. The number of benzene rings is 2. The molecule has 2 aliphatic heterocycles. The minimum atomic E-state index is -0.209. The molecule has 5 rings (SSSR count). The molecule has 22 heavy (non-hydrogen) atoms. The molecular weight excluding hydrogens is 277 g/mol. The van der Waals surface area contributed by atoms with Gasteiger partial charge in [0.05, 0.1) is 11.0 Å². The number of rotatable bonds is 0. The van der Waals surface area contributed by atoms with E-state index in [1.165, 1.54) is 29.3 Å². The summed E-state index contributed by atoms with van der Waals surface area (Å²) in [6.45, 7) is 2.27. The second kappa shape index (κ2) is 4.38. The Kier molecular flexibility index (Phi) is 2.46. The number of anilines is 1. The molecule has 0 saturated heterocycles. The van der Waals surface area contributed by atoms with Gasteiger partial charge in [-0.25, -0.2) is 4.39 Å². The minimum absolute atomic E-state index is 0.209. The molecule has 3 aromatic rings. The molecule has 2 aliphatic rings. The van der Waals surface area contributed by atoms with Crippen LogP contribution in [-0.4, -0.2) is 23.3 Å². The highest BCUT2D eigenvalue weighted by molar-refractivity contribution is 6.08. The summed E-state index contributed by atoms with van der Waals surface area (Å²) in [5.41, 5.74) is 5.82. The average molecular weight is 293 g/mol. The Morgan fingerprint density at radius 1 is 0.955 bits per heavy atom. The molecule has 0 aliphatic carbocycles. The van der Waals surface area contributed by atoms with Crippen molar-refractivity contribution in [1.82, 2.24) is 10.2 Å². The third-order valence-electron chi connectivity index (χ3n) is 5.00. The van der Waals surface area contributed by atoms with E-state index in [1.54, 1.807) is 12.1 Å². The minimum Gasteiger partial charge on any atom is -0.371 e. The zero-order valence-electron chi connectivity index (χ0n) is 12.3. The van der Waals surface area contributed by atoms with E-state index in [2.05, 4.69) is 21.2 Å². The van der Waals surface area contributed by atoms with Crippen LogP contribution in [0, 0.1) is 5.82 Å². The summed E-state index contributed by atoms with van der Waals surface area (Å²) in [5, 5.41) is 10.7. The topological polar surface area (TPSA) is 29.0 Å². The van der Waals surface area contributed by atoms with Gasteiger partial charge in [0.15, 0.2) is 0 Å². The van der Waals surface area contributed by atoms with Gasteiger partial charge in [0.1, 0.15) is 5.82 Å². The maximum absolute atomic E-state index is 13.8. The standard InChI is InChI=1S/C18H16FN3/c19-12-5-6-15-14(10-12)17-13-4-2-8-22-7-1-3-11(18(13)22)9-16(17)21-20-15/h5-6,9-10H,1-4,7-8H2. The molecule has 0 fully saturated rings. The lowest BCUT2D eigenvalue weighted by molar-refractivity contribution is 0.629. The van der Waals surface area contributed by atoms with Crippen molar-refractivity contribution in [2.45, 2.75) is 25.7 Å². The molecule has 0 amide bonds. The molecule has 3 nitrogen and oxygen atoms in total. The number of halogens is 1. The Morgan fingerprint density at radius 3 is 2.68 bits per heavy atom. The number of aryl methyl sites for hydroxylation is 2. The Balaban J connectivity index is 1.97. The first-order valence-corrected chi connectivity index (χ1v) is 7.96. The quantitative estimate of drug-likeness (QED) is 0.593. The first-order chi connectivity index (χ1) is 10.8. The van der Waals surface area contributed by atoms with Crippen molar-refractivity contribution in [3.8, 4) is 0 Å². The smallest absolute Gasteiger partial charge is 0.123 e. The lowest BCUT2D eigenvalue weighted by Gasteiger charge is -2.37. The number of aromatic nitrogens is 2. The van der Waals surface area contributed by atoms with Crippen molar-refractivity contribution in [3.63, 3.8) is 0 Å². The third kappa shape index (κ3) is 1.61. The predicted octanol–water partition coefficient (Wildman–Crippen LogP) is 3.62. The SMILES string of the molecule is Fc1ccc2nnc3cc4c5c(c3c2c1)CCCN5CCC4. The van der Waals surface area contributed by atoms with Gasteiger partial charge in [-0.1, -0.05) is 0 Å². The molecule has 0 spiro atoms. The van der Waals surface area contributed by atoms with Gasteiger partial charge in [-0.3, -0.25) is 0 Å². The van der Waals surface area contributed by atoms with Crippen molar-refractivity contribution >= 4 is 27.5 Å². The highest BCUT2D eigenvalue weighted by Gasteiger charge is 2.26. The van der Waals surface area contributed by atoms with Crippen molar-refractivity contribution in [2.24, 2.45) is 0 Å². The lowest BCUT2D eigenvalue weighted by Crippen LogP contribution is -2.34. The van der Waals surface area contributed by atoms with E-state index < -0.39 is 0 Å². The number of hydrogen-bond acceptors (Lipinski definition) is 3. The van der Waals surface area contributed by atoms with E-state index in [0.29, 0.717) is 0 Å². The Hall–Kier alpha value is -2.23. The van der Waals surface area contributed by atoms with Crippen LogP contribution in [0.5, 0.6) is 0 Å². The Morgan fingerprint density at radius 2 is 1.77 bits per heavy atom. The molecule has 0 bridgehead atoms. The molecule has 0 N–H and O–H groups in total. The number of fused-ring (bicyclic) bond motifs is 4. The van der Waals surface area contributed by atoms with Gasteiger partial charge in [0.25, 0.3) is 0 Å². The Bertz CT molecular complexity index is 917. The van der Waals surface area contributed by atoms with E-state index in [9.17, 15) is 4.39 Å². The summed E-state index contributed by atoms with van der Waals surface area (Å²) in [6.07, 6.45) is 4.52. The summed E-state index contributed by atoms with van der Waals surface area (Å²) in [6, 6.07) is 6.96. The van der Waals surface area contributed by atoms with Crippen LogP contribution in [0.15, 0.2) is 24.3 Å². The van der Waals surface area contributed by atoms with Crippen LogP contribution in [0.3, 0.4) is 0 Å². The maximum atomic E-state index is 13.8. The maximum Gasteiger partial charge on any atom is 0.123 e. The molecule has 0 radical (unpaired) electrons. The van der Waals surface area contributed by atoms with Gasteiger partial charge in [-0.15, -0.1) is 10.2 Å². The fourth-order valence-electron chi connectivity index (χ4n) is 4.13. The van der Waals surface area contributed by atoms with Crippen LogP contribution in [0.4, 0.5) is 10.1 Å². The van der Waals surface area contributed by atoms with Crippen molar-refractivity contribution < 1.29 is 4.39 Å². The molecule has 3 heterocycles. The van der Waals surface area contributed by atoms with Crippen molar-refractivity contribution in [2.75, 3.05) is 18.0 Å². The van der Waals surface area contributed by atoms with Gasteiger partial charge >= 0.3 is 0 Å². The number of hydrogen-bond donors (Lipinski definition) is 0. The highest BCUT2D eigenvalue weighted by atomic mass is 19.1. The van der Waals surface area contributed by atoms with Crippen LogP contribution in [0.1, 0.15) is 24.0 Å². The lowest BCUT2D eigenvalue weighted by atomic mass is 9.88. The van der Waals surface area contributed by atoms with E-state index >= 15 is 0 Å². The summed E-state index contributed by atoms with van der Waals surface area (Å²) >= 11 is 0. The monoisotopic (exact) mass is 293 g/mol. The van der Waals surface area contributed by atoms with E-state index in [4.69, 9.17) is 0 Å². The Labute approximate surface area is 127 Å². The summed E-state index contributed by atoms with van der Waals surface area (Å²) < 4.78 is 13.8. The van der Waals surface area contributed by atoms with Crippen molar-refractivity contribution in [3.05, 3.63) is 41.2 Å². The molecular formula is C18H16FN3. The van der Waals surface area contributed by atoms with Crippen molar-refractivity contribution in [1.29, 1.82) is 0 Å². The van der Waals surface area contributed by atoms with Crippen LogP contribution < -0.4 is 4.90 Å². The summed E-state index contributed by atoms with van der Waals surface area (Å²) in [5.74, 6) is -0.209. The van der Waals surface area contributed by atoms with E-state index in [1.807, 2.05) is 0 Å². The fraction of sp³-hybridized carbons (Fsp3) is 0.333. The first-order valence-electron chi connectivity index (χ1n) is 7.96. The van der Waals surface area contributed by atoms with Crippen LogP contribution in [-0.2, 0) is 12.8 Å². The van der Waals surface area contributed by atoms with Crippen LogP contribution in [0.2, 0.25) is 0 Å². The second-order valence-electron chi connectivity index (χ2n) is 6.31. The molecule has 0 atom stereocenters.